The lowest BCUT2D eigenvalue weighted by Crippen LogP contribution is -2.29. The van der Waals surface area contributed by atoms with Gasteiger partial charge in [0, 0.05) is 10.0 Å². The first-order valence-electron chi connectivity index (χ1n) is 8.30. The Balaban J connectivity index is 1.55. The maximum atomic E-state index is 13.9. The average Bonchev–Trinajstić information content (AvgIpc) is 2.95. The lowest BCUT2D eigenvalue weighted by atomic mass is 10.1. The van der Waals surface area contributed by atoms with E-state index in [1.165, 1.54) is 36.4 Å². The quantitative estimate of drug-likeness (QED) is 0.605. The number of imide groups is 1. The van der Waals surface area contributed by atoms with Crippen LogP contribution in [0.4, 0.5) is 15.8 Å². The van der Waals surface area contributed by atoms with Gasteiger partial charge in [0.15, 0.2) is 0 Å². The molecule has 5 nitrogen and oxygen atoms in total. The van der Waals surface area contributed by atoms with Gasteiger partial charge in [-0.3, -0.25) is 14.4 Å². The molecule has 0 saturated heterocycles. The van der Waals surface area contributed by atoms with Crippen molar-refractivity contribution in [3.8, 4) is 0 Å². The number of halogens is 2. The third kappa shape index (κ3) is 3.10. The number of nitrogens with zero attached hydrogens (tertiary/aromatic N) is 1. The fraction of sp³-hybridized carbons (Fsp3) is 0. The van der Waals surface area contributed by atoms with E-state index in [4.69, 9.17) is 0 Å². The maximum absolute atomic E-state index is 13.9. The molecule has 0 aromatic heterocycles. The first kappa shape index (κ1) is 18.1. The van der Waals surface area contributed by atoms with Gasteiger partial charge in [-0.2, -0.15) is 0 Å². The van der Waals surface area contributed by atoms with Crippen LogP contribution in [-0.2, 0) is 0 Å². The van der Waals surface area contributed by atoms with Crippen molar-refractivity contribution in [1.29, 1.82) is 0 Å². The monoisotopic (exact) mass is 438 g/mol. The van der Waals surface area contributed by atoms with Crippen molar-refractivity contribution in [2.24, 2.45) is 0 Å². The van der Waals surface area contributed by atoms with Gasteiger partial charge in [-0.25, -0.2) is 9.29 Å². The summed E-state index contributed by atoms with van der Waals surface area (Å²) < 4.78 is 14.4. The number of hydrogen-bond acceptors (Lipinski definition) is 3. The Hall–Kier alpha value is -3.32. The summed E-state index contributed by atoms with van der Waals surface area (Å²) in [6.45, 7) is 0. The van der Waals surface area contributed by atoms with Gasteiger partial charge >= 0.3 is 0 Å². The van der Waals surface area contributed by atoms with E-state index in [1.54, 1.807) is 30.3 Å². The van der Waals surface area contributed by atoms with Crippen LogP contribution in [0, 0.1) is 5.82 Å². The molecule has 3 aromatic rings. The Morgan fingerprint density at radius 2 is 1.50 bits per heavy atom. The topological polar surface area (TPSA) is 66.5 Å². The van der Waals surface area contributed by atoms with Gasteiger partial charge in [0.2, 0.25) is 0 Å². The minimum absolute atomic E-state index is 0.0534. The zero-order valence-electron chi connectivity index (χ0n) is 14.3. The van der Waals surface area contributed by atoms with Crippen LogP contribution >= 0.6 is 15.9 Å². The largest absolute Gasteiger partial charge is 0.319 e. The second-order valence-corrected chi connectivity index (χ2v) is 7.03. The Bertz CT molecular complexity index is 1090. The zero-order valence-corrected chi connectivity index (χ0v) is 15.9. The molecule has 1 aliphatic rings. The van der Waals surface area contributed by atoms with Crippen molar-refractivity contribution in [2.75, 3.05) is 10.2 Å². The highest BCUT2D eigenvalue weighted by Gasteiger charge is 2.36. The fourth-order valence-electron chi connectivity index (χ4n) is 2.97. The molecular formula is C21H12BrFN2O3. The predicted molar refractivity (Wildman–Crippen MR) is 106 cm³/mol. The van der Waals surface area contributed by atoms with Gasteiger partial charge in [-0.15, -0.1) is 0 Å². The number of fused-ring (bicyclic) bond motifs is 1. The van der Waals surface area contributed by atoms with Crippen LogP contribution in [0.5, 0.6) is 0 Å². The molecule has 3 amide bonds. The van der Waals surface area contributed by atoms with Crippen LogP contribution in [0.3, 0.4) is 0 Å². The third-order valence-electron chi connectivity index (χ3n) is 4.36. The molecule has 0 aliphatic carbocycles. The molecule has 138 valence electrons. The number of hydrogen-bond donors (Lipinski definition) is 1. The normalized spacial score (nSPS) is 12.9. The molecule has 0 bridgehead atoms. The molecule has 1 N–H and O–H groups in total. The highest BCUT2D eigenvalue weighted by molar-refractivity contribution is 9.10. The molecule has 28 heavy (non-hydrogen) atoms. The van der Waals surface area contributed by atoms with Crippen LogP contribution in [0.15, 0.2) is 71.2 Å². The molecule has 0 unspecified atom stereocenters. The lowest BCUT2D eigenvalue weighted by Gasteiger charge is -2.14. The third-order valence-corrected chi connectivity index (χ3v) is 4.85. The van der Waals surface area contributed by atoms with Crippen molar-refractivity contribution in [3.63, 3.8) is 0 Å². The zero-order chi connectivity index (χ0) is 19.8. The van der Waals surface area contributed by atoms with Crippen LogP contribution in [0.25, 0.3) is 0 Å². The smallest absolute Gasteiger partial charge is 0.266 e. The number of nitrogens with one attached hydrogen (secondary N) is 1. The van der Waals surface area contributed by atoms with Gasteiger partial charge in [-0.05, 0) is 54.6 Å². The van der Waals surface area contributed by atoms with Gasteiger partial charge in [0.05, 0.1) is 22.5 Å². The van der Waals surface area contributed by atoms with Crippen molar-refractivity contribution >= 4 is 45.0 Å². The minimum atomic E-state index is -0.564. The molecule has 1 heterocycles. The van der Waals surface area contributed by atoms with E-state index in [9.17, 15) is 18.8 Å². The van der Waals surface area contributed by atoms with E-state index in [0.717, 1.165) is 4.90 Å². The van der Waals surface area contributed by atoms with Crippen LogP contribution < -0.4 is 10.2 Å². The SMILES string of the molecule is O=C(Nc1ccc(Br)cc1F)c1ccc(N2C(=O)c3ccccc3C2=O)cc1. The second kappa shape index (κ2) is 7.01. The van der Waals surface area contributed by atoms with E-state index >= 15 is 0 Å². The highest BCUT2D eigenvalue weighted by atomic mass is 79.9. The number of amides is 3. The number of benzene rings is 3. The van der Waals surface area contributed by atoms with Crippen LogP contribution in [0.2, 0.25) is 0 Å². The Morgan fingerprint density at radius 1 is 0.893 bits per heavy atom. The first-order valence-corrected chi connectivity index (χ1v) is 9.09. The summed E-state index contributed by atoms with van der Waals surface area (Å²) >= 11 is 3.16. The molecule has 0 spiro atoms. The summed E-state index contributed by atoms with van der Waals surface area (Å²) in [5.41, 5.74) is 1.37. The Kier molecular flexibility index (Phi) is 4.52. The molecule has 0 fully saturated rings. The van der Waals surface area contributed by atoms with Crippen molar-refractivity contribution in [2.45, 2.75) is 0 Å². The van der Waals surface area contributed by atoms with Gasteiger partial charge in [0.25, 0.3) is 17.7 Å². The van der Waals surface area contributed by atoms with E-state index in [-0.39, 0.29) is 11.3 Å². The predicted octanol–water partition coefficient (Wildman–Crippen LogP) is 4.64. The summed E-state index contributed by atoms with van der Waals surface area (Å²) in [4.78, 5) is 38.4. The molecule has 3 aromatic carbocycles. The number of carbonyl (C=O) groups excluding carboxylic acids is 3. The van der Waals surface area contributed by atoms with Gasteiger partial charge < -0.3 is 5.32 Å². The van der Waals surface area contributed by atoms with Crippen LogP contribution in [-0.4, -0.2) is 17.7 Å². The Labute approximate surface area is 167 Å². The molecule has 1 aliphatic heterocycles. The van der Waals surface area contributed by atoms with Crippen molar-refractivity contribution in [1.82, 2.24) is 0 Å². The van der Waals surface area contributed by atoms with E-state index in [2.05, 4.69) is 21.2 Å². The van der Waals surface area contributed by atoms with Gasteiger partial charge in [-0.1, -0.05) is 28.1 Å². The highest BCUT2D eigenvalue weighted by Crippen LogP contribution is 2.28. The lowest BCUT2D eigenvalue weighted by molar-refractivity contribution is 0.0925. The molecule has 0 saturated carbocycles. The molecular weight excluding hydrogens is 427 g/mol. The van der Waals surface area contributed by atoms with Crippen LogP contribution in [0.1, 0.15) is 31.1 Å². The summed E-state index contributed by atoms with van der Waals surface area (Å²) in [5, 5.41) is 2.49. The second-order valence-electron chi connectivity index (χ2n) is 6.12. The maximum Gasteiger partial charge on any atom is 0.266 e. The fourth-order valence-corrected chi connectivity index (χ4v) is 3.30. The van der Waals surface area contributed by atoms with Crippen molar-refractivity contribution < 1.29 is 18.8 Å². The Morgan fingerprint density at radius 3 is 2.07 bits per heavy atom. The number of anilines is 2. The van der Waals surface area contributed by atoms with E-state index < -0.39 is 23.5 Å². The summed E-state index contributed by atoms with van der Waals surface area (Å²) in [7, 11) is 0. The first-order chi connectivity index (χ1) is 13.5. The number of rotatable bonds is 3. The molecule has 7 heteroatoms. The summed E-state index contributed by atoms with van der Waals surface area (Å²) in [6, 6.07) is 16.9. The molecule has 0 radical (unpaired) electrons. The summed E-state index contributed by atoms with van der Waals surface area (Å²) in [5.74, 6) is -1.88. The van der Waals surface area contributed by atoms with E-state index in [1.807, 2.05) is 0 Å². The average molecular weight is 439 g/mol. The standard InChI is InChI=1S/C21H12BrFN2O3/c22-13-7-10-18(17(23)11-13)24-19(26)12-5-8-14(9-6-12)25-20(27)15-3-1-2-4-16(15)21(25)28/h1-11H,(H,24,26). The van der Waals surface area contributed by atoms with E-state index in [0.29, 0.717) is 21.3 Å². The van der Waals surface area contributed by atoms with Gasteiger partial charge in [0.1, 0.15) is 5.82 Å². The minimum Gasteiger partial charge on any atom is -0.319 e. The van der Waals surface area contributed by atoms with Crippen molar-refractivity contribution in [3.05, 3.63) is 93.7 Å². The summed E-state index contributed by atoms with van der Waals surface area (Å²) in [6.07, 6.45) is 0. The number of carbonyl (C=O) groups is 3. The molecule has 0 atom stereocenters. The molecule has 4 rings (SSSR count).